The lowest BCUT2D eigenvalue weighted by atomic mass is 10.1. The SMILES string of the molecule is CCCCc1ccc(-n2c(SCC(=O)OC)nc3ccccc3c2=O)cc1. The Bertz CT molecular complexity index is 996. The zero-order valence-electron chi connectivity index (χ0n) is 15.5. The monoisotopic (exact) mass is 382 g/mol. The molecule has 1 aromatic heterocycles. The topological polar surface area (TPSA) is 61.2 Å². The van der Waals surface area contributed by atoms with Crippen LogP contribution in [0.4, 0.5) is 0 Å². The molecule has 140 valence electrons. The molecular formula is C21H22N2O3S. The molecular weight excluding hydrogens is 360 g/mol. The summed E-state index contributed by atoms with van der Waals surface area (Å²) in [6.07, 6.45) is 3.30. The molecule has 2 aromatic carbocycles. The third kappa shape index (κ3) is 4.39. The second kappa shape index (κ2) is 8.86. The number of aryl methyl sites for hydroxylation is 1. The first-order valence-electron chi connectivity index (χ1n) is 8.94. The van der Waals surface area contributed by atoms with Crippen molar-refractivity contribution in [1.29, 1.82) is 0 Å². The molecule has 27 heavy (non-hydrogen) atoms. The van der Waals surface area contributed by atoms with Crippen LogP contribution in [0.2, 0.25) is 0 Å². The average molecular weight is 382 g/mol. The van der Waals surface area contributed by atoms with Crippen molar-refractivity contribution in [3.05, 3.63) is 64.4 Å². The molecule has 3 rings (SSSR count). The van der Waals surface area contributed by atoms with Gasteiger partial charge in [0, 0.05) is 0 Å². The predicted octanol–water partition coefficient (Wildman–Crippen LogP) is 3.99. The van der Waals surface area contributed by atoms with Crippen LogP contribution in [0.25, 0.3) is 16.6 Å². The number of hydrogen-bond donors (Lipinski definition) is 0. The van der Waals surface area contributed by atoms with E-state index in [4.69, 9.17) is 4.74 Å². The fourth-order valence-corrected chi connectivity index (χ4v) is 3.66. The van der Waals surface area contributed by atoms with Gasteiger partial charge in [-0.2, -0.15) is 0 Å². The summed E-state index contributed by atoms with van der Waals surface area (Å²) in [5.41, 5.74) is 2.46. The van der Waals surface area contributed by atoms with Gasteiger partial charge in [-0.3, -0.25) is 14.2 Å². The summed E-state index contributed by atoms with van der Waals surface area (Å²) in [5.74, 6) is -0.264. The van der Waals surface area contributed by atoms with Gasteiger partial charge in [-0.15, -0.1) is 0 Å². The number of carbonyl (C=O) groups is 1. The maximum Gasteiger partial charge on any atom is 0.316 e. The summed E-state index contributed by atoms with van der Waals surface area (Å²) in [4.78, 5) is 29.3. The molecule has 0 atom stereocenters. The standard InChI is InChI=1S/C21H22N2O3S/c1-3-4-7-15-10-12-16(13-11-15)23-20(25)17-8-5-6-9-18(17)22-21(23)27-14-19(24)26-2/h5-6,8-13H,3-4,7,14H2,1-2H3. The van der Waals surface area contributed by atoms with E-state index in [2.05, 4.69) is 11.9 Å². The number of benzene rings is 2. The average Bonchev–Trinajstić information content (AvgIpc) is 2.71. The van der Waals surface area contributed by atoms with Gasteiger partial charge in [0.15, 0.2) is 5.16 Å². The van der Waals surface area contributed by atoms with Crippen molar-refractivity contribution in [1.82, 2.24) is 9.55 Å². The van der Waals surface area contributed by atoms with Crippen molar-refractivity contribution in [2.24, 2.45) is 0 Å². The molecule has 5 nitrogen and oxygen atoms in total. The number of para-hydroxylation sites is 1. The Morgan fingerprint density at radius 2 is 1.89 bits per heavy atom. The zero-order valence-corrected chi connectivity index (χ0v) is 16.3. The summed E-state index contributed by atoms with van der Waals surface area (Å²) in [6.45, 7) is 2.17. The van der Waals surface area contributed by atoms with Gasteiger partial charge in [0.1, 0.15) is 0 Å². The molecule has 0 aliphatic rings. The first kappa shape index (κ1) is 19.2. The molecule has 1 heterocycles. The van der Waals surface area contributed by atoms with Crippen molar-refractivity contribution in [2.45, 2.75) is 31.3 Å². The number of methoxy groups -OCH3 is 1. The van der Waals surface area contributed by atoms with Gasteiger partial charge in [-0.25, -0.2) is 4.98 Å². The van der Waals surface area contributed by atoms with Gasteiger partial charge in [0.2, 0.25) is 0 Å². The van der Waals surface area contributed by atoms with Crippen LogP contribution in [0, 0.1) is 0 Å². The number of fused-ring (bicyclic) bond motifs is 1. The highest BCUT2D eigenvalue weighted by Gasteiger charge is 2.14. The molecule has 0 radical (unpaired) electrons. The molecule has 0 fully saturated rings. The Morgan fingerprint density at radius 3 is 2.59 bits per heavy atom. The van der Waals surface area contributed by atoms with Crippen molar-refractivity contribution in [3.63, 3.8) is 0 Å². The molecule has 0 saturated carbocycles. The predicted molar refractivity (Wildman–Crippen MR) is 109 cm³/mol. The van der Waals surface area contributed by atoms with Gasteiger partial charge >= 0.3 is 5.97 Å². The van der Waals surface area contributed by atoms with E-state index in [-0.39, 0.29) is 17.3 Å². The van der Waals surface area contributed by atoms with E-state index in [0.29, 0.717) is 16.1 Å². The normalized spacial score (nSPS) is 10.9. The minimum atomic E-state index is -0.358. The number of aromatic nitrogens is 2. The Kier molecular flexibility index (Phi) is 6.29. The van der Waals surface area contributed by atoms with E-state index in [0.717, 1.165) is 24.9 Å². The molecule has 0 saturated heterocycles. The van der Waals surface area contributed by atoms with E-state index in [1.807, 2.05) is 36.4 Å². The Balaban J connectivity index is 2.07. The van der Waals surface area contributed by atoms with Crippen molar-refractivity contribution >= 4 is 28.6 Å². The maximum absolute atomic E-state index is 13.1. The van der Waals surface area contributed by atoms with E-state index >= 15 is 0 Å². The molecule has 0 aliphatic heterocycles. The highest BCUT2D eigenvalue weighted by Crippen LogP contribution is 2.22. The Hall–Kier alpha value is -2.60. The summed E-state index contributed by atoms with van der Waals surface area (Å²) in [6, 6.07) is 15.2. The van der Waals surface area contributed by atoms with Gasteiger partial charge in [0.25, 0.3) is 5.56 Å². The lowest BCUT2D eigenvalue weighted by Gasteiger charge is -2.13. The number of hydrogen-bond acceptors (Lipinski definition) is 5. The third-order valence-corrected chi connectivity index (χ3v) is 5.22. The first-order valence-corrected chi connectivity index (χ1v) is 9.93. The summed E-state index contributed by atoms with van der Waals surface area (Å²) in [5, 5.41) is 1.03. The lowest BCUT2D eigenvalue weighted by molar-refractivity contribution is -0.137. The molecule has 0 N–H and O–H groups in total. The Labute approximate surface area is 162 Å². The van der Waals surface area contributed by atoms with Crippen molar-refractivity contribution in [3.8, 4) is 5.69 Å². The summed E-state index contributed by atoms with van der Waals surface area (Å²) < 4.78 is 6.28. The zero-order chi connectivity index (χ0) is 19.2. The number of thioether (sulfide) groups is 1. The fraction of sp³-hybridized carbons (Fsp3) is 0.286. The number of unbranched alkanes of at least 4 members (excludes halogenated alkanes) is 1. The summed E-state index contributed by atoms with van der Waals surface area (Å²) in [7, 11) is 1.35. The van der Waals surface area contributed by atoms with Gasteiger partial charge in [-0.05, 0) is 42.7 Å². The fourth-order valence-electron chi connectivity index (χ4n) is 2.81. The largest absolute Gasteiger partial charge is 0.468 e. The molecule has 0 spiro atoms. The highest BCUT2D eigenvalue weighted by atomic mass is 32.2. The molecule has 0 aliphatic carbocycles. The van der Waals surface area contributed by atoms with E-state index in [1.165, 1.54) is 24.4 Å². The van der Waals surface area contributed by atoms with Crippen LogP contribution in [0.5, 0.6) is 0 Å². The molecule has 0 unspecified atom stereocenters. The van der Waals surface area contributed by atoms with Crippen molar-refractivity contribution in [2.75, 3.05) is 12.9 Å². The number of rotatable bonds is 7. The van der Waals surface area contributed by atoms with Crippen LogP contribution in [-0.2, 0) is 16.0 Å². The van der Waals surface area contributed by atoms with Crippen LogP contribution in [0.1, 0.15) is 25.3 Å². The molecule has 0 bridgehead atoms. The Morgan fingerprint density at radius 1 is 1.15 bits per heavy atom. The number of ether oxygens (including phenoxy) is 1. The van der Waals surface area contributed by atoms with E-state index < -0.39 is 0 Å². The quantitative estimate of drug-likeness (QED) is 0.351. The van der Waals surface area contributed by atoms with Crippen LogP contribution >= 0.6 is 11.8 Å². The second-order valence-corrected chi connectivity index (χ2v) is 7.13. The smallest absolute Gasteiger partial charge is 0.316 e. The second-order valence-electron chi connectivity index (χ2n) is 6.19. The minimum absolute atomic E-state index is 0.0931. The third-order valence-electron chi connectivity index (χ3n) is 4.31. The van der Waals surface area contributed by atoms with Crippen LogP contribution in [-0.4, -0.2) is 28.4 Å². The van der Waals surface area contributed by atoms with E-state index in [1.54, 1.807) is 16.7 Å². The lowest BCUT2D eigenvalue weighted by Crippen LogP contribution is -2.22. The first-order chi connectivity index (χ1) is 13.1. The molecule has 0 amide bonds. The van der Waals surface area contributed by atoms with E-state index in [9.17, 15) is 9.59 Å². The number of carbonyl (C=O) groups excluding carboxylic acids is 1. The van der Waals surface area contributed by atoms with Crippen LogP contribution in [0.3, 0.4) is 0 Å². The van der Waals surface area contributed by atoms with Gasteiger partial charge < -0.3 is 4.74 Å². The minimum Gasteiger partial charge on any atom is -0.468 e. The van der Waals surface area contributed by atoms with Gasteiger partial charge in [0.05, 0.1) is 29.5 Å². The van der Waals surface area contributed by atoms with Crippen molar-refractivity contribution < 1.29 is 9.53 Å². The highest BCUT2D eigenvalue weighted by molar-refractivity contribution is 7.99. The maximum atomic E-state index is 13.1. The summed E-state index contributed by atoms with van der Waals surface area (Å²) >= 11 is 1.20. The molecule has 3 aromatic rings. The molecule has 6 heteroatoms. The van der Waals surface area contributed by atoms with Crippen LogP contribution in [0.15, 0.2) is 58.5 Å². The number of nitrogens with zero attached hydrogens (tertiary/aromatic N) is 2. The van der Waals surface area contributed by atoms with Gasteiger partial charge in [-0.1, -0.05) is 49.4 Å². The van der Waals surface area contributed by atoms with Crippen LogP contribution < -0.4 is 5.56 Å². The number of esters is 1.